The zero-order valence-corrected chi connectivity index (χ0v) is 14.5. The maximum absolute atomic E-state index is 12.2. The van der Waals surface area contributed by atoms with Crippen LogP contribution in [0.1, 0.15) is 6.42 Å². The molecule has 2 N–H and O–H groups in total. The Morgan fingerprint density at radius 2 is 2.20 bits per heavy atom. The minimum absolute atomic E-state index is 0.234. The van der Waals surface area contributed by atoms with Crippen molar-refractivity contribution in [1.82, 2.24) is 15.2 Å². The molecule has 2 aromatic rings. The maximum atomic E-state index is 12.2. The molecule has 1 aliphatic heterocycles. The highest BCUT2D eigenvalue weighted by molar-refractivity contribution is 6.00. The van der Waals surface area contributed by atoms with E-state index in [4.69, 9.17) is 9.47 Å². The molecule has 1 fully saturated rings. The van der Waals surface area contributed by atoms with Gasteiger partial charge in [0.25, 0.3) is 0 Å². The number of anilines is 1. The van der Waals surface area contributed by atoms with Gasteiger partial charge in [-0.25, -0.2) is 4.79 Å². The number of hydrogen-bond acceptors (Lipinski definition) is 5. The van der Waals surface area contributed by atoms with Crippen molar-refractivity contribution < 1.29 is 14.3 Å². The number of urea groups is 1. The van der Waals surface area contributed by atoms with Crippen LogP contribution in [-0.2, 0) is 4.74 Å². The van der Waals surface area contributed by atoms with Crippen molar-refractivity contribution in [2.45, 2.75) is 6.42 Å². The Labute approximate surface area is 147 Å². The molecule has 2 heterocycles. The number of benzene rings is 1. The van der Waals surface area contributed by atoms with Gasteiger partial charge in [0.15, 0.2) is 0 Å². The Hall–Kier alpha value is -2.38. The highest BCUT2D eigenvalue weighted by atomic mass is 16.5. The Morgan fingerprint density at radius 3 is 3.00 bits per heavy atom. The number of amides is 2. The topological polar surface area (TPSA) is 75.7 Å². The quantitative estimate of drug-likeness (QED) is 0.785. The number of pyridine rings is 1. The zero-order valence-electron chi connectivity index (χ0n) is 14.5. The van der Waals surface area contributed by atoms with E-state index in [1.807, 2.05) is 18.2 Å². The third-order valence-corrected chi connectivity index (χ3v) is 4.20. The molecule has 0 atom stereocenters. The van der Waals surface area contributed by atoms with Gasteiger partial charge in [-0.2, -0.15) is 0 Å². The molecule has 0 bridgehead atoms. The van der Waals surface area contributed by atoms with E-state index in [9.17, 15) is 4.79 Å². The largest absolute Gasteiger partial charge is 0.497 e. The third-order valence-electron chi connectivity index (χ3n) is 4.20. The van der Waals surface area contributed by atoms with Crippen LogP contribution in [0.2, 0.25) is 0 Å². The average molecular weight is 344 g/mol. The number of nitrogens with one attached hydrogen (secondary N) is 2. The summed E-state index contributed by atoms with van der Waals surface area (Å²) in [5, 5.41) is 6.69. The summed E-state index contributed by atoms with van der Waals surface area (Å²) in [5.74, 6) is 0.683. The van der Waals surface area contributed by atoms with Gasteiger partial charge >= 0.3 is 6.03 Å². The van der Waals surface area contributed by atoms with Crippen molar-refractivity contribution in [2.24, 2.45) is 0 Å². The van der Waals surface area contributed by atoms with Crippen LogP contribution in [0.15, 0.2) is 30.5 Å². The number of rotatable bonds is 6. The normalized spacial score (nSPS) is 15.1. The highest BCUT2D eigenvalue weighted by Crippen LogP contribution is 2.27. The molecule has 1 saturated heterocycles. The van der Waals surface area contributed by atoms with E-state index >= 15 is 0 Å². The Kier molecular flexibility index (Phi) is 6.03. The van der Waals surface area contributed by atoms with E-state index in [0.29, 0.717) is 18.0 Å². The smallest absolute Gasteiger partial charge is 0.319 e. The Bertz CT molecular complexity index is 717. The summed E-state index contributed by atoms with van der Waals surface area (Å²) >= 11 is 0. The molecular formula is C18H24N4O3. The van der Waals surface area contributed by atoms with Crippen molar-refractivity contribution in [3.05, 3.63) is 30.5 Å². The minimum Gasteiger partial charge on any atom is -0.497 e. The molecule has 0 spiro atoms. The first kappa shape index (κ1) is 17.4. The van der Waals surface area contributed by atoms with E-state index in [-0.39, 0.29) is 6.03 Å². The SMILES string of the molecule is COc1cc(NC(=O)NCCCN2CCOCC2)c2ncccc2c1. The first-order chi connectivity index (χ1) is 12.3. The third kappa shape index (κ3) is 4.80. The number of methoxy groups -OCH3 is 1. The number of carbonyl (C=O) groups is 1. The van der Waals surface area contributed by atoms with Crippen LogP contribution in [-0.4, -0.2) is 62.4 Å². The number of ether oxygens (including phenoxy) is 2. The lowest BCUT2D eigenvalue weighted by molar-refractivity contribution is 0.0375. The fourth-order valence-corrected chi connectivity index (χ4v) is 2.87. The monoisotopic (exact) mass is 344 g/mol. The van der Waals surface area contributed by atoms with Gasteiger partial charge in [0.1, 0.15) is 5.75 Å². The second kappa shape index (κ2) is 8.64. The lowest BCUT2D eigenvalue weighted by atomic mass is 10.2. The summed E-state index contributed by atoms with van der Waals surface area (Å²) in [4.78, 5) is 18.9. The molecule has 7 heteroatoms. The van der Waals surface area contributed by atoms with Gasteiger partial charge < -0.3 is 20.1 Å². The van der Waals surface area contributed by atoms with Crippen molar-refractivity contribution >= 4 is 22.6 Å². The number of aromatic nitrogens is 1. The predicted molar refractivity (Wildman–Crippen MR) is 97.2 cm³/mol. The van der Waals surface area contributed by atoms with Gasteiger partial charge in [0, 0.05) is 37.3 Å². The number of carbonyl (C=O) groups excluding carboxylic acids is 1. The number of hydrogen-bond donors (Lipinski definition) is 2. The van der Waals surface area contributed by atoms with Crippen molar-refractivity contribution in [3.8, 4) is 5.75 Å². The van der Waals surface area contributed by atoms with E-state index in [0.717, 1.165) is 50.2 Å². The second-order valence-corrected chi connectivity index (χ2v) is 5.94. The van der Waals surface area contributed by atoms with Crippen molar-refractivity contribution in [1.29, 1.82) is 0 Å². The van der Waals surface area contributed by atoms with E-state index in [1.54, 1.807) is 19.4 Å². The van der Waals surface area contributed by atoms with Crippen molar-refractivity contribution in [3.63, 3.8) is 0 Å². The maximum Gasteiger partial charge on any atom is 0.319 e. The molecule has 0 unspecified atom stereocenters. The van der Waals surface area contributed by atoms with Crippen LogP contribution < -0.4 is 15.4 Å². The molecular weight excluding hydrogens is 320 g/mol. The lowest BCUT2D eigenvalue weighted by Crippen LogP contribution is -2.38. The zero-order chi connectivity index (χ0) is 17.5. The van der Waals surface area contributed by atoms with Gasteiger partial charge in [0.05, 0.1) is 31.5 Å². The van der Waals surface area contributed by atoms with Gasteiger partial charge in [0.2, 0.25) is 0 Å². The molecule has 7 nitrogen and oxygen atoms in total. The Morgan fingerprint density at radius 1 is 1.36 bits per heavy atom. The first-order valence-electron chi connectivity index (χ1n) is 8.54. The van der Waals surface area contributed by atoms with E-state index in [2.05, 4.69) is 20.5 Å². The van der Waals surface area contributed by atoms with Crippen LogP contribution in [0.4, 0.5) is 10.5 Å². The number of fused-ring (bicyclic) bond motifs is 1. The van der Waals surface area contributed by atoms with Crippen LogP contribution >= 0.6 is 0 Å². The van der Waals surface area contributed by atoms with Crippen LogP contribution in [0.25, 0.3) is 10.9 Å². The summed E-state index contributed by atoms with van der Waals surface area (Å²) in [5.41, 5.74) is 1.38. The summed E-state index contributed by atoms with van der Waals surface area (Å²) in [6.07, 6.45) is 2.62. The van der Waals surface area contributed by atoms with Gasteiger partial charge in [-0.1, -0.05) is 6.07 Å². The minimum atomic E-state index is -0.234. The molecule has 1 aliphatic rings. The van der Waals surface area contributed by atoms with E-state index in [1.165, 1.54) is 0 Å². The predicted octanol–water partition coefficient (Wildman–Crippen LogP) is 2.09. The first-order valence-corrected chi connectivity index (χ1v) is 8.54. The molecule has 1 aromatic heterocycles. The molecule has 2 amide bonds. The van der Waals surface area contributed by atoms with Gasteiger partial charge in [-0.3, -0.25) is 9.88 Å². The summed E-state index contributed by atoms with van der Waals surface area (Å²) < 4.78 is 10.6. The second-order valence-electron chi connectivity index (χ2n) is 5.94. The lowest BCUT2D eigenvalue weighted by Gasteiger charge is -2.26. The molecule has 1 aromatic carbocycles. The fraction of sp³-hybridized carbons (Fsp3) is 0.444. The van der Waals surface area contributed by atoms with Gasteiger partial charge in [-0.05, 0) is 25.1 Å². The molecule has 0 radical (unpaired) electrons. The molecule has 25 heavy (non-hydrogen) atoms. The van der Waals surface area contributed by atoms with Crippen LogP contribution in [0, 0.1) is 0 Å². The molecule has 3 rings (SSSR count). The summed E-state index contributed by atoms with van der Waals surface area (Å²) in [6.45, 7) is 5.11. The van der Waals surface area contributed by atoms with Gasteiger partial charge in [-0.15, -0.1) is 0 Å². The molecule has 0 saturated carbocycles. The molecule has 134 valence electrons. The average Bonchev–Trinajstić information content (AvgIpc) is 2.66. The fourth-order valence-electron chi connectivity index (χ4n) is 2.87. The standard InChI is InChI=1S/C18H24N4O3/c1-24-15-12-14-4-2-5-19-17(14)16(13-15)21-18(23)20-6-3-7-22-8-10-25-11-9-22/h2,4-5,12-13H,3,6-11H2,1H3,(H2,20,21,23). The summed E-state index contributed by atoms with van der Waals surface area (Å²) in [7, 11) is 1.60. The summed E-state index contributed by atoms with van der Waals surface area (Å²) in [6, 6.07) is 7.24. The van der Waals surface area contributed by atoms with E-state index < -0.39 is 0 Å². The molecule has 0 aliphatic carbocycles. The number of nitrogens with zero attached hydrogens (tertiary/aromatic N) is 2. The Balaban J connectivity index is 1.53. The number of morpholine rings is 1. The highest BCUT2D eigenvalue weighted by Gasteiger charge is 2.11. The van der Waals surface area contributed by atoms with Crippen LogP contribution in [0.5, 0.6) is 5.75 Å². The van der Waals surface area contributed by atoms with Crippen LogP contribution in [0.3, 0.4) is 0 Å². The van der Waals surface area contributed by atoms with Crippen molar-refractivity contribution in [2.75, 3.05) is 51.8 Å².